The van der Waals surface area contributed by atoms with Gasteiger partial charge in [0.15, 0.2) is 0 Å². The lowest BCUT2D eigenvalue weighted by atomic mass is 10.1. The van der Waals surface area contributed by atoms with E-state index in [9.17, 15) is 9.59 Å². The van der Waals surface area contributed by atoms with Crippen LogP contribution in [0, 0.1) is 0 Å². The van der Waals surface area contributed by atoms with Crippen LogP contribution in [0.4, 0.5) is 10.5 Å². The van der Waals surface area contributed by atoms with Gasteiger partial charge in [0.2, 0.25) is 0 Å². The van der Waals surface area contributed by atoms with Crippen molar-refractivity contribution < 1.29 is 9.59 Å². The van der Waals surface area contributed by atoms with Crippen molar-refractivity contribution in [3.05, 3.63) is 29.8 Å². The van der Waals surface area contributed by atoms with Gasteiger partial charge < -0.3 is 10.6 Å². The highest BCUT2D eigenvalue weighted by atomic mass is 16.2. The summed E-state index contributed by atoms with van der Waals surface area (Å²) in [5.74, 6) is 0. The van der Waals surface area contributed by atoms with Crippen LogP contribution in [0.15, 0.2) is 24.3 Å². The smallest absolute Gasteiger partial charge is 0.319 e. The predicted octanol–water partition coefficient (Wildman–Crippen LogP) is 2.42. The number of benzene rings is 1. The molecule has 4 heteroatoms. The molecule has 1 aromatic rings. The second-order valence-electron chi connectivity index (χ2n) is 4.57. The van der Waals surface area contributed by atoms with Gasteiger partial charge in [-0.1, -0.05) is 0 Å². The number of hydrogen-bond donors (Lipinski definition) is 2. The van der Waals surface area contributed by atoms with Crippen molar-refractivity contribution in [2.45, 2.75) is 26.3 Å². The van der Waals surface area contributed by atoms with Crippen LogP contribution in [0.5, 0.6) is 0 Å². The Labute approximate surface area is 95.0 Å². The summed E-state index contributed by atoms with van der Waals surface area (Å²) in [7, 11) is 0. The molecule has 0 fully saturated rings. The molecule has 2 N–H and O–H groups in total. The van der Waals surface area contributed by atoms with Crippen LogP contribution in [0.25, 0.3) is 0 Å². The first-order valence-corrected chi connectivity index (χ1v) is 5.05. The summed E-state index contributed by atoms with van der Waals surface area (Å²) in [6.45, 7) is 5.71. The van der Waals surface area contributed by atoms with E-state index in [2.05, 4.69) is 10.6 Å². The van der Waals surface area contributed by atoms with E-state index in [0.717, 1.165) is 6.29 Å². The zero-order valence-corrected chi connectivity index (χ0v) is 9.70. The van der Waals surface area contributed by atoms with Crippen LogP contribution in [0.2, 0.25) is 0 Å². The number of urea groups is 1. The Hall–Kier alpha value is -1.84. The molecule has 0 aliphatic rings. The lowest BCUT2D eigenvalue weighted by molar-refractivity contribution is 0.112. The molecule has 1 rings (SSSR count). The minimum atomic E-state index is -0.271. The number of nitrogens with one attached hydrogen (secondary N) is 2. The molecule has 0 atom stereocenters. The van der Waals surface area contributed by atoms with Gasteiger partial charge in [0.1, 0.15) is 6.29 Å². The highest BCUT2D eigenvalue weighted by molar-refractivity contribution is 5.90. The minimum absolute atomic E-state index is 0.258. The molecule has 0 bridgehead atoms. The van der Waals surface area contributed by atoms with Crippen molar-refractivity contribution in [1.82, 2.24) is 5.32 Å². The van der Waals surface area contributed by atoms with Gasteiger partial charge in [-0.2, -0.15) is 0 Å². The fourth-order valence-electron chi connectivity index (χ4n) is 1.15. The molecule has 1 aromatic carbocycles. The van der Waals surface area contributed by atoms with Crippen LogP contribution < -0.4 is 10.6 Å². The molecule has 4 nitrogen and oxygen atoms in total. The second-order valence-corrected chi connectivity index (χ2v) is 4.57. The van der Waals surface area contributed by atoms with Crippen molar-refractivity contribution in [2.24, 2.45) is 0 Å². The molecule has 0 unspecified atom stereocenters. The maximum absolute atomic E-state index is 11.5. The molecule has 16 heavy (non-hydrogen) atoms. The monoisotopic (exact) mass is 220 g/mol. The van der Waals surface area contributed by atoms with Gasteiger partial charge in [-0.15, -0.1) is 0 Å². The number of hydrogen-bond acceptors (Lipinski definition) is 2. The Balaban J connectivity index is 2.59. The molecular formula is C12H16N2O2. The first-order chi connectivity index (χ1) is 7.40. The first kappa shape index (κ1) is 12.2. The molecule has 0 aliphatic carbocycles. The average Bonchev–Trinajstić information content (AvgIpc) is 2.16. The highest BCUT2D eigenvalue weighted by Gasteiger charge is 2.13. The van der Waals surface area contributed by atoms with E-state index in [-0.39, 0.29) is 11.6 Å². The topological polar surface area (TPSA) is 58.2 Å². The Morgan fingerprint density at radius 3 is 2.19 bits per heavy atom. The SMILES string of the molecule is CC(C)(C)NC(=O)Nc1ccc(C=O)cc1. The number of aldehydes is 1. The number of carbonyl (C=O) groups excluding carboxylic acids is 2. The summed E-state index contributed by atoms with van der Waals surface area (Å²) in [6, 6.07) is 6.42. The fourth-order valence-corrected chi connectivity index (χ4v) is 1.15. The largest absolute Gasteiger partial charge is 0.333 e. The highest BCUT2D eigenvalue weighted by Crippen LogP contribution is 2.08. The molecule has 0 spiro atoms. The van der Waals surface area contributed by atoms with Crippen LogP contribution in [0.3, 0.4) is 0 Å². The number of anilines is 1. The molecule has 0 saturated heterocycles. The third kappa shape index (κ3) is 4.13. The predicted molar refractivity (Wildman–Crippen MR) is 63.7 cm³/mol. The third-order valence-electron chi connectivity index (χ3n) is 1.79. The van der Waals surface area contributed by atoms with E-state index >= 15 is 0 Å². The molecule has 0 aliphatic heterocycles. The number of rotatable bonds is 2. The van der Waals surface area contributed by atoms with E-state index in [4.69, 9.17) is 0 Å². The van der Waals surface area contributed by atoms with Crippen molar-refractivity contribution >= 4 is 18.0 Å². The van der Waals surface area contributed by atoms with Gasteiger partial charge in [-0.25, -0.2) is 4.79 Å². The maximum atomic E-state index is 11.5. The van der Waals surface area contributed by atoms with Crippen molar-refractivity contribution in [2.75, 3.05) is 5.32 Å². The van der Waals surface area contributed by atoms with Gasteiger partial charge in [0.25, 0.3) is 0 Å². The van der Waals surface area contributed by atoms with Gasteiger partial charge >= 0.3 is 6.03 Å². The Morgan fingerprint density at radius 2 is 1.75 bits per heavy atom. The van der Waals surface area contributed by atoms with Gasteiger partial charge in [-0.05, 0) is 45.0 Å². The first-order valence-electron chi connectivity index (χ1n) is 5.05. The quantitative estimate of drug-likeness (QED) is 0.752. The third-order valence-corrected chi connectivity index (χ3v) is 1.79. The summed E-state index contributed by atoms with van der Waals surface area (Å²) in [4.78, 5) is 21.9. The van der Waals surface area contributed by atoms with Crippen molar-refractivity contribution in [1.29, 1.82) is 0 Å². The van der Waals surface area contributed by atoms with Crippen molar-refractivity contribution in [3.63, 3.8) is 0 Å². The Morgan fingerprint density at radius 1 is 1.19 bits per heavy atom. The van der Waals surface area contributed by atoms with E-state index < -0.39 is 0 Å². The average molecular weight is 220 g/mol. The van der Waals surface area contributed by atoms with Gasteiger partial charge in [-0.3, -0.25) is 4.79 Å². The van der Waals surface area contributed by atoms with E-state index in [1.54, 1.807) is 24.3 Å². The van der Waals surface area contributed by atoms with Gasteiger partial charge in [0, 0.05) is 16.8 Å². The molecule has 86 valence electrons. The maximum Gasteiger partial charge on any atom is 0.319 e. The Bertz CT molecular complexity index is 377. The van der Waals surface area contributed by atoms with Crippen LogP contribution >= 0.6 is 0 Å². The molecule has 0 radical (unpaired) electrons. The molecule has 2 amide bonds. The van der Waals surface area contributed by atoms with E-state index in [1.807, 2.05) is 20.8 Å². The fraction of sp³-hybridized carbons (Fsp3) is 0.333. The number of amides is 2. The normalized spacial score (nSPS) is 10.7. The standard InChI is InChI=1S/C12H16N2O2/c1-12(2,3)14-11(16)13-10-6-4-9(8-15)5-7-10/h4-8H,1-3H3,(H2,13,14,16). The summed E-state index contributed by atoms with van der Waals surface area (Å²) in [5, 5.41) is 5.46. The van der Waals surface area contributed by atoms with Gasteiger partial charge in [0.05, 0.1) is 0 Å². The number of carbonyl (C=O) groups is 2. The van der Waals surface area contributed by atoms with Crippen LogP contribution in [-0.2, 0) is 0 Å². The second kappa shape index (κ2) is 4.79. The zero-order valence-electron chi connectivity index (χ0n) is 9.70. The van der Waals surface area contributed by atoms with Crippen LogP contribution in [0.1, 0.15) is 31.1 Å². The van der Waals surface area contributed by atoms with E-state index in [0.29, 0.717) is 11.3 Å². The summed E-state index contributed by atoms with van der Waals surface area (Å²) in [6.07, 6.45) is 0.763. The van der Waals surface area contributed by atoms with E-state index in [1.165, 1.54) is 0 Å². The Kier molecular flexibility index (Phi) is 3.66. The molecule has 0 aromatic heterocycles. The summed E-state index contributed by atoms with van der Waals surface area (Å²) < 4.78 is 0. The summed E-state index contributed by atoms with van der Waals surface area (Å²) in [5.41, 5.74) is 0.974. The van der Waals surface area contributed by atoms with Crippen molar-refractivity contribution in [3.8, 4) is 0 Å². The summed E-state index contributed by atoms with van der Waals surface area (Å²) >= 11 is 0. The zero-order chi connectivity index (χ0) is 12.2. The lowest BCUT2D eigenvalue weighted by Crippen LogP contribution is -2.43. The van der Waals surface area contributed by atoms with Crippen LogP contribution in [-0.4, -0.2) is 17.9 Å². The lowest BCUT2D eigenvalue weighted by Gasteiger charge is -2.20. The molecule has 0 heterocycles. The molecular weight excluding hydrogens is 204 g/mol. The minimum Gasteiger partial charge on any atom is -0.333 e. The molecule has 0 saturated carbocycles.